The number of amides is 1. The number of primary sulfonamides is 1. The zero-order valence-electron chi connectivity index (χ0n) is 10.4. The number of nitrogens with one attached hydrogen (secondary N) is 1. The number of nitrogens with zero attached hydrogens (tertiary/aromatic N) is 2. The van der Waals surface area contributed by atoms with Gasteiger partial charge >= 0.3 is 0 Å². The first-order valence-corrected chi connectivity index (χ1v) is 7.93. The molecule has 3 rings (SSSR count). The van der Waals surface area contributed by atoms with Gasteiger partial charge in [0, 0.05) is 19.0 Å². The highest BCUT2D eigenvalue weighted by Crippen LogP contribution is 2.42. The highest BCUT2D eigenvalue weighted by Gasteiger charge is 2.37. The Balaban J connectivity index is 2.03. The zero-order valence-corrected chi connectivity index (χ0v) is 11.2. The third kappa shape index (κ3) is 2.25. The van der Waals surface area contributed by atoms with Gasteiger partial charge in [-0.15, -0.1) is 0 Å². The summed E-state index contributed by atoms with van der Waals surface area (Å²) in [6, 6.07) is 0. The number of rotatable bonds is 3. The summed E-state index contributed by atoms with van der Waals surface area (Å²) in [6.07, 6.45) is 3.69. The quantitative estimate of drug-likeness (QED) is 0.824. The number of sulfonamides is 1. The molecule has 2 fully saturated rings. The maximum atomic E-state index is 12.3. The van der Waals surface area contributed by atoms with Crippen molar-refractivity contribution in [1.82, 2.24) is 15.1 Å². The standard InChI is InChI=1S/C11H16N4O3S/c12-19(17,18)10-8(7-3-4-7)13-14-9(10)11(16)15-5-1-2-6-15/h7H,1-6H2,(H,13,14)(H2,12,17,18). The van der Waals surface area contributed by atoms with Gasteiger partial charge in [0.25, 0.3) is 5.91 Å². The molecule has 0 radical (unpaired) electrons. The predicted molar refractivity (Wildman–Crippen MR) is 67.1 cm³/mol. The number of H-pyrrole nitrogens is 1. The van der Waals surface area contributed by atoms with Crippen molar-refractivity contribution in [3.8, 4) is 0 Å². The second kappa shape index (κ2) is 4.31. The van der Waals surface area contributed by atoms with E-state index in [0.717, 1.165) is 25.7 Å². The Hall–Kier alpha value is -1.41. The molecule has 2 heterocycles. The predicted octanol–water partition coefficient (Wildman–Crippen LogP) is 0.170. The van der Waals surface area contributed by atoms with Crippen LogP contribution >= 0.6 is 0 Å². The van der Waals surface area contributed by atoms with Crippen LogP contribution in [0.15, 0.2) is 4.90 Å². The second-order valence-corrected chi connectivity index (χ2v) is 6.63. The molecular weight excluding hydrogens is 268 g/mol. The van der Waals surface area contributed by atoms with Crippen molar-refractivity contribution in [2.24, 2.45) is 5.14 Å². The highest BCUT2D eigenvalue weighted by molar-refractivity contribution is 7.89. The molecule has 1 saturated carbocycles. The van der Waals surface area contributed by atoms with Crippen LogP contribution in [-0.2, 0) is 10.0 Å². The van der Waals surface area contributed by atoms with Crippen molar-refractivity contribution in [2.75, 3.05) is 13.1 Å². The van der Waals surface area contributed by atoms with Gasteiger partial charge in [0.05, 0.1) is 5.69 Å². The molecule has 1 aromatic rings. The molecule has 1 aliphatic carbocycles. The first-order valence-electron chi connectivity index (χ1n) is 6.39. The van der Waals surface area contributed by atoms with Crippen molar-refractivity contribution < 1.29 is 13.2 Å². The fraction of sp³-hybridized carbons (Fsp3) is 0.636. The van der Waals surface area contributed by atoms with Gasteiger partial charge in [-0.3, -0.25) is 9.89 Å². The van der Waals surface area contributed by atoms with Gasteiger partial charge in [-0.05, 0) is 25.7 Å². The Morgan fingerprint density at radius 3 is 2.47 bits per heavy atom. The normalized spacial score (nSPS) is 19.9. The third-order valence-electron chi connectivity index (χ3n) is 3.61. The molecule has 104 valence electrons. The van der Waals surface area contributed by atoms with Crippen LogP contribution in [0.25, 0.3) is 0 Å². The van der Waals surface area contributed by atoms with Crippen LogP contribution in [0, 0.1) is 0 Å². The van der Waals surface area contributed by atoms with Crippen molar-refractivity contribution >= 4 is 15.9 Å². The van der Waals surface area contributed by atoms with Crippen LogP contribution in [0.2, 0.25) is 0 Å². The number of aromatic nitrogens is 2. The maximum Gasteiger partial charge on any atom is 0.275 e. The van der Waals surface area contributed by atoms with E-state index in [9.17, 15) is 13.2 Å². The van der Waals surface area contributed by atoms with E-state index in [2.05, 4.69) is 10.2 Å². The minimum atomic E-state index is -3.94. The van der Waals surface area contributed by atoms with Crippen LogP contribution in [0.1, 0.15) is 47.8 Å². The van der Waals surface area contributed by atoms with E-state index in [4.69, 9.17) is 5.14 Å². The van der Waals surface area contributed by atoms with E-state index < -0.39 is 10.0 Å². The molecule has 8 heteroatoms. The van der Waals surface area contributed by atoms with Gasteiger partial charge < -0.3 is 4.90 Å². The van der Waals surface area contributed by atoms with Crippen molar-refractivity contribution in [1.29, 1.82) is 0 Å². The molecule has 7 nitrogen and oxygen atoms in total. The summed E-state index contributed by atoms with van der Waals surface area (Å²) < 4.78 is 23.5. The van der Waals surface area contributed by atoms with Crippen molar-refractivity contribution in [2.45, 2.75) is 36.5 Å². The molecule has 0 bridgehead atoms. The second-order valence-electron chi connectivity index (χ2n) is 5.13. The molecule has 2 aliphatic rings. The Morgan fingerprint density at radius 2 is 1.95 bits per heavy atom. The molecule has 1 aromatic heterocycles. The summed E-state index contributed by atoms with van der Waals surface area (Å²) in [5, 5.41) is 11.8. The molecule has 0 atom stereocenters. The zero-order chi connectivity index (χ0) is 13.6. The molecule has 0 aromatic carbocycles. The average Bonchev–Trinajstić information content (AvgIpc) is 2.90. The summed E-state index contributed by atoms with van der Waals surface area (Å²) in [5.74, 6) is -0.203. The van der Waals surface area contributed by atoms with Crippen LogP contribution in [-0.4, -0.2) is 42.5 Å². The first kappa shape index (κ1) is 12.6. The van der Waals surface area contributed by atoms with Gasteiger partial charge in [-0.25, -0.2) is 13.6 Å². The monoisotopic (exact) mass is 284 g/mol. The van der Waals surface area contributed by atoms with E-state index in [0.29, 0.717) is 18.8 Å². The summed E-state index contributed by atoms with van der Waals surface area (Å²) in [5.41, 5.74) is 0.441. The Kier molecular flexibility index (Phi) is 2.86. The Labute approximate surface area is 111 Å². The van der Waals surface area contributed by atoms with Crippen LogP contribution in [0.5, 0.6) is 0 Å². The number of nitrogens with two attached hydrogens (primary N) is 1. The van der Waals surface area contributed by atoms with Gasteiger partial charge in [0.1, 0.15) is 4.90 Å². The van der Waals surface area contributed by atoms with E-state index in [1.54, 1.807) is 4.90 Å². The van der Waals surface area contributed by atoms with Gasteiger partial charge in [-0.1, -0.05) is 0 Å². The fourth-order valence-electron chi connectivity index (χ4n) is 2.50. The molecule has 0 spiro atoms. The maximum absolute atomic E-state index is 12.3. The first-order chi connectivity index (χ1) is 8.98. The minimum absolute atomic E-state index is 0.0497. The number of likely N-dealkylation sites (tertiary alicyclic amines) is 1. The van der Waals surface area contributed by atoms with Gasteiger partial charge in [0.2, 0.25) is 10.0 Å². The van der Waals surface area contributed by atoms with Crippen LogP contribution in [0.3, 0.4) is 0 Å². The molecule has 1 aliphatic heterocycles. The fourth-order valence-corrected chi connectivity index (χ4v) is 3.42. The smallest absolute Gasteiger partial charge is 0.275 e. The Morgan fingerprint density at radius 1 is 1.32 bits per heavy atom. The number of carbonyl (C=O) groups excluding carboxylic acids is 1. The van der Waals surface area contributed by atoms with Crippen LogP contribution < -0.4 is 5.14 Å². The lowest BCUT2D eigenvalue weighted by atomic mass is 10.2. The summed E-state index contributed by atoms with van der Waals surface area (Å²) in [7, 11) is -3.94. The molecule has 0 unspecified atom stereocenters. The number of aromatic amines is 1. The van der Waals surface area contributed by atoms with Gasteiger partial charge in [-0.2, -0.15) is 5.10 Å². The lowest BCUT2D eigenvalue weighted by Gasteiger charge is -2.14. The average molecular weight is 284 g/mol. The van der Waals surface area contributed by atoms with E-state index in [1.165, 1.54) is 0 Å². The van der Waals surface area contributed by atoms with Crippen LogP contribution in [0.4, 0.5) is 0 Å². The topological polar surface area (TPSA) is 109 Å². The minimum Gasteiger partial charge on any atom is -0.337 e. The van der Waals surface area contributed by atoms with E-state index in [-0.39, 0.29) is 22.4 Å². The largest absolute Gasteiger partial charge is 0.337 e. The summed E-state index contributed by atoms with van der Waals surface area (Å²) >= 11 is 0. The SMILES string of the molecule is NS(=O)(=O)c1c(C(=O)N2CCCC2)n[nH]c1C1CC1. The molecule has 1 amide bonds. The lowest BCUT2D eigenvalue weighted by molar-refractivity contribution is 0.0783. The molecule has 19 heavy (non-hydrogen) atoms. The lowest BCUT2D eigenvalue weighted by Crippen LogP contribution is -2.30. The summed E-state index contributed by atoms with van der Waals surface area (Å²) in [4.78, 5) is 13.8. The highest BCUT2D eigenvalue weighted by atomic mass is 32.2. The van der Waals surface area contributed by atoms with E-state index >= 15 is 0 Å². The van der Waals surface area contributed by atoms with Crippen molar-refractivity contribution in [3.63, 3.8) is 0 Å². The number of hydrogen-bond donors (Lipinski definition) is 2. The number of hydrogen-bond acceptors (Lipinski definition) is 4. The van der Waals surface area contributed by atoms with Gasteiger partial charge in [0.15, 0.2) is 5.69 Å². The Bertz CT molecular complexity index is 612. The van der Waals surface area contributed by atoms with E-state index in [1.807, 2.05) is 0 Å². The van der Waals surface area contributed by atoms with Crippen molar-refractivity contribution in [3.05, 3.63) is 11.4 Å². The molecule has 1 saturated heterocycles. The molecule has 3 N–H and O–H groups in total. The summed E-state index contributed by atoms with van der Waals surface area (Å²) in [6.45, 7) is 1.29. The third-order valence-corrected chi connectivity index (χ3v) is 4.60. The number of carbonyl (C=O) groups is 1. The molecular formula is C11H16N4O3S.